The first-order valence-corrected chi connectivity index (χ1v) is 7.01. The number of hydrogen-bond acceptors (Lipinski definition) is 2. The van der Waals surface area contributed by atoms with E-state index in [1.807, 2.05) is 0 Å². The SMILES string of the molecule is Cc1ccc(C2=NC(C(F)(F)F)(C(F)(F)F)C3C=CC=CN23)cc1. The second-order valence-corrected chi connectivity index (χ2v) is 5.64. The lowest BCUT2D eigenvalue weighted by Crippen LogP contribution is -2.63. The van der Waals surface area contributed by atoms with Crippen molar-refractivity contribution in [3.8, 4) is 0 Å². The second-order valence-electron chi connectivity index (χ2n) is 5.64. The minimum atomic E-state index is -5.59. The fourth-order valence-corrected chi connectivity index (χ4v) is 2.87. The fourth-order valence-electron chi connectivity index (χ4n) is 2.87. The quantitative estimate of drug-likeness (QED) is 0.690. The summed E-state index contributed by atoms with van der Waals surface area (Å²) in [4.78, 5) is 4.12. The Morgan fingerprint density at radius 1 is 0.958 bits per heavy atom. The first-order chi connectivity index (χ1) is 11.1. The number of aliphatic imine (C=N–C) groups is 1. The van der Waals surface area contributed by atoms with E-state index in [0.717, 1.165) is 16.5 Å². The van der Waals surface area contributed by atoms with Crippen molar-refractivity contribution in [3.63, 3.8) is 0 Å². The van der Waals surface area contributed by atoms with Gasteiger partial charge >= 0.3 is 12.4 Å². The molecule has 1 aromatic rings. The molecule has 128 valence electrons. The van der Waals surface area contributed by atoms with E-state index in [1.54, 1.807) is 19.1 Å². The lowest BCUT2D eigenvalue weighted by atomic mass is 9.88. The molecule has 0 saturated heterocycles. The number of allylic oxidation sites excluding steroid dienone is 2. The summed E-state index contributed by atoms with van der Waals surface area (Å²) in [6, 6.07) is 4.13. The number of aryl methyl sites for hydroxylation is 1. The van der Waals surface area contributed by atoms with Crippen LogP contribution in [0.4, 0.5) is 26.3 Å². The molecule has 8 heteroatoms. The van der Waals surface area contributed by atoms with Crippen molar-refractivity contribution in [1.82, 2.24) is 4.90 Å². The molecule has 1 aromatic carbocycles. The van der Waals surface area contributed by atoms with Crippen LogP contribution in [-0.2, 0) is 0 Å². The molecule has 2 nitrogen and oxygen atoms in total. The van der Waals surface area contributed by atoms with Gasteiger partial charge in [-0.3, -0.25) is 0 Å². The van der Waals surface area contributed by atoms with Crippen molar-refractivity contribution in [2.75, 3.05) is 0 Å². The van der Waals surface area contributed by atoms with Crippen LogP contribution in [0.25, 0.3) is 0 Å². The third-order valence-corrected chi connectivity index (χ3v) is 4.08. The summed E-state index contributed by atoms with van der Waals surface area (Å²) in [5.41, 5.74) is -3.16. The van der Waals surface area contributed by atoms with Crippen LogP contribution in [0.2, 0.25) is 0 Å². The smallest absolute Gasteiger partial charge is 0.323 e. The number of rotatable bonds is 1. The van der Waals surface area contributed by atoms with Gasteiger partial charge in [0.15, 0.2) is 0 Å². The predicted octanol–water partition coefficient (Wildman–Crippen LogP) is 4.37. The number of alkyl halides is 6. The van der Waals surface area contributed by atoms with Crippen molar-refractivity contribution in [1.29, 1.82) is 0 Å². The lowest BCUT2D eigenvalue weighted by molar-refractivity contribution is -0.299. The summed E-state index contributed by atoms with van der Waals surface area (Å²) in [6.45, 7) is 1.77. The van der Waals surface area contributed by atoms with Gasteiger partial charge in [-0.15, -0.1) is 0 Å². The number of halogens is 6. The van der Waals surface area contributed by atoms with Gasteiger partial charge in [0.1, 0.15) is 5.84 Å². The lowest BCUT2D eigenvalue weighted by Gasteiger charge is -2.37. The molecule has 0 N–H and O–H groups in total. The molecule has 0 fully saturated rings. The normalized spacial score (nSPS) is 22.5. The van der Waals surface area contributed by atoms with E-state index in [0.29, 0.717) is 0 Å². The van der Waals surface area contributed by atoms with Gasteiger partial charge < -0.3 is 4.90 Å². The fraction of sp³-hybridized carbons (Fsp3) is 0.312. The van der Waals surface area contributed by atoms with Gasteiger partial charge in [-0.05, 0) is 13.0 Å². The zero-order chi connectivity index (χ0) is 17.8. The molecular weight excluding hydrogens is 334 g/mol. The van der Waals surface area contributed by atoms with Gasteiger partial charge in [-0.1, -0.05) is 42.0 Å². The Morgan fingerprint density at radius 2 is 1.54 bits per heavy atom. The molecule has 2 aliphatic heterocycles. The molecule has 24 heavy (non-hydrogen) atoms. The Morgan fingerprint density at radius 3 is 2.08 bits per heavy atom. The van der Waals surface area contributed by atoms with E-state index < -0.39 is 23.9 Å². The van der Waals surface area contributed by atoms with Crippen LogP contribution in [0.15, 0.2) is 53.7 Å². The number of amidine groups is 1. The van der Waals surface area contributed by atoms with Crippen LogP contribution in [0.5, 0.6) is 0 Å². The van der Waals surface area contributed by atoms with Gasteiger partial charge in [-0.25, -0.2) is 4.99 Å². The zero-order valence-corrected chi connectivity index (χ0v) is 12.4. The topological polar surface area (TPSA) is 15.6 Å². The van der Waals surface area contributed by atoms with E-state index in [4.69, 9.17) is 0 Å². The molecular formula is C16H12F6N2. The molecule has 0 aliphatic carbocycles. The monoisotopic (exact) mass is 346 g/mol. The molecule has 3 rings (SSSR count). The van der Waals surface area contributed by atoms with E-state index in [9.17, 15) is 26.3 Å². The van der Waals surface area contributed by atoms with E-state index in [-0.39, 0.29) is 11.4 Å². The molecule has 0 saturated carbocycles. The highest BCUT2D eigenvalue weighted by Crippen LogP contribution is 2.53. The highest BCUT2D eigenvalue weighted by atomic mass is 19.4. The van der Waals surface area contributed by atoms with Crippen LogP contribution < -0.4 is 0 Å². The highest BCUT2D eigenvalue weighted by molar-refractivity contribution is 6.02. The van der Waals surface area contributed by atoms with Crippen molar-refractivity contribution < 1.29 is 26.3 Å². The summed E-state index contributed by atoms with van der Waals surface area (Å²) in [6.07, 6.45) is -6.56. The minimum Gasteiger partial charge on any atom is -0.323 e. The van der Waals surface area contributed by atoms with Gasteiger partial charge in [0.05, 0.1) is 6.04 Å². The van der Waals surface area contributed by atoms with Gasteiger partial charge in [-0.2, -0.15) is 26.3 Å². The molecule has 1 unspecified atom stereocenters. The number of fused-ring (bicyclic) bond motifs is 1. The standard InChI is InChI=1S/C16H12F6N2/c1-10-5-7-11(8-6-10)13-23-14(15(17,18)19,16(20,21)22)12-4-2-3-9-24(12)13/h2-9,12H,1H3. The number of benzene rings is 1. The van der Waals surface area contributed by atoms with Crippen LogP contribution in [0.1, 0.15) is 11.1 Å². The van der Waals surface area contributed by atoms with Crippen LogP contribution in [0, 0.1) is 6.92 Å². The Labute approximate surface area is 133 Å². The van der Waals surface area contributed by atoms with Crippen molar-refractivity contribution in [2.45, 2.75) is 30.9 Å². The molecule has 0 amide bonds. The second kappa shape index (κ2) is 5.12. The maximum absolute atomic E-state index is 13.5. The molecule has 1 atom stereocenters. The van der Waals surface area contributed by atoms with Crippen LogP contribution in [0.3, 0.4) is 0 Å². The average Bonchev–Trinajstić information content (AvgIpc) is 2.84. The van der Waals surface area contributed by atoms with Gasteiger partial charge in [0.2, 0.25) is 0 Å². The molecule has 0 aromatic heterocycles. The minimum absolute atomic E-state index is 0.195. The van der Waals surface area contributed by atoms with Gasteiger partial charge in [0.25, 0.3) is 5.54 Å². The number of nitrogens with zero attached hydrogens (tertiary/aromatic N) is 2. The van der Waals surface area contributed by atoms with E-state index >= 15 is 0 Å². The first kappa shape index (κ1) is 16.6. The van der Waals surface area contributed by atoms with Crippen molar-refractivity contribution in [3.05, 3.63) is 59.8 Å². The summed E-state index contributed by atoms with van der Waals surface area (Å²) in [5, 5.41) is 0. The molecule has 2 heterocycles. The molecule has 0 spiro atoms. The average molecular weight is 346 g/mol. The first-order valence-electron chi connectivity index (χ1n) is 7.01. The van der Waals surface area contributed by atoms with Crippen molar-refractivity contribution >= 4 is 5.84 Å². The maximum atomic E-state index is 13.5. The summed E-state index contributed by atoms with van der Waals surface area (Å²) in [5.74, 6) is -0.352. The highest BCUT2D eigenvalue weighted by Gasteiger charge is 2.78. The summed E-state index contributed by atoms with van der Waals surface area (Å²) >= 11 is 0. The van der Waals surface area contributed by atoms with Gasteiger partial charge in [0, 0.05) is 11.8 Å². The van der Waals surface area contributed by atoms with Crippen molar-refractivity contribution in [2.24, 2.45) is 4.99 Å². The number of hydrogen-bond donors (Lipinski definition) is 0. The van der Waals surface area contributed by atoms with Crippen LogP contribution >= 0.6 is 0 Å². The molecule has 0 radical (unpaired) electrons. The summed E-state index contributed by atoms with van der Waals surface area (Å²) in [7, 11) is 0. The third-order valence-electron chi connectivity index (χ3n) is 4.08. The molecule has 0 bridgehead atoms. The Balaban J connectivity index is 2.24. The summed E-state index contributed by atoms with van der Waals surface area (Å²) < 4.78 is 81.1. The zero-order valence-electron chi connectivity index (χ0n) is 12.4. The Hall–Kier alpha value is -2.25. The van der Waals surface area contributed by atoms with E-state index in [2.05, 4.69) is 4.99 Å². The Bertz CT molecular complexity index is 710. The Kier molecular flexibility index (Phi) is 3.54. The largest absolute Gasteiger partial charge is 0.425 e. The maximum Gasteiger partial charge on any atom is 0.425 e. The molecule has 2 aliphatic rings. The van der Waals surface area contributed by atoms with E-state index in [1.165, 1.54) is 30.5 Å². The predicted molar refractivity (Wildman–Crippen MR) is 76.5 cm³/mol. The van der Waals surface area contributed by atoms with Crippen LogP contribution in [-0.4, -0.2) is 34.7 Å². The third kappa shape index (κ3) is 2.23.